The van der Waals surface area contributed by atoms with Gasteiger partial charge in [-0.2, -0.15) is 0 Å². The van der Waals surface area contributed by atoms with E-state index >= 15 is 0 Å². The van der Waals surface area contributed by atoms with E-state index in [-0.39, 0.29) is 27.9 Å². The third-order valence-corrected chi connectivity index (χ3v) is 12.0. The fraction of sp³-hybridized carbons (Fsp3) is 0.324. The summed E-state index contributed by atoms with van der Waals surface area (Å²) in [5.41, 5.74) is 2.26. The van der Waals surface area contributed by atoms with Gasteiger partial charge in [0.15, 0.2) is 0 Å². The van der Waals surface area contributed by atoms with Crippen LogP contribution < -0.4 is 14.9 Å². The third kappa shape index (κ3) is 10.7. The minimum atomic E-state index is -4.40. The molecule has 4 aromatic rings. The summed E-state index contributed by atoms with van der Waals surface area (Å²) in [5, 5.41) is 15.4. The molecule has 270 valence electrons. The number of hydrogen-bond donors (Lipinski definition) is 2. The second kappa shape index (κ2) is 17.9. The Balaban J connectivity index is 1.20. The smallest absolute Gasteiger partial charge is 0.293 e. The summed E-state index contributed by atoms with van der Waals surface area (Å²) in [6.45, 7) is 5.09. The van der Waals surface area contributed by atoms with Gasteiger partial charge in [-0.25, -0.2) is 13.1 Å². The van der Waals surface area contributed by atoms with Crippen LogP contribution in [-0.4, -0.2) is 93.9 Å². The number of rotatable bonds is 16. The number of hydrogen-bond acceptors (Lipinski definition) is 11. The highest BCUT2D eigenvalue weighted by Crippen LogP contribution is 2.30. The number of nitro groups is 1. The molecular weight excluding hydrogens is 705 g/mol. The van der Waals surface area contributed by atoms with Crippen molar-refractivity contribution in [3.05, 3.63) is 118 Å². The average molecular weight is 749 g/mol. The number of piperazine rings is 1. The predicted molar refractivity (Wildman–Crippen MR) is 208 cm³/mol. The molecule has 1 aliphatic heterocycles. The Morgan fingerprint density at radius 1 is 0.941 bits per heavy atom. The van der Waals surface area contributed by atoms with E-state index in [1.807, 2.05) is 61.5 Å². The van der Waals surface area contributed by atoms with E-state index in [2.05, 4.69) is 50.4 Å². The van der Waals surface area contributed by atoms with Crippen molar-refractivity contribution in [2.45, 2.75) is 33.7 Å². The molecule has 4 aromatic carbocycles. The molecule has 0 saturated carbocycles. The quantitative estimate of drug-likeness (QED) is 0.0764. The third-order valence-electron chi connectivity index (χ3n) is 8.64. The first-order valence-corrected chi connectivity index (χ1v) is 20.4. The monoisotopic (exact) mass is 748 g/mol. The number of anilines is 2. The summed E-state index contributed by atoms with van der Waals surface area (Å²) >= 11 is 3.39. The molecule has 1 unspecified atom stereocenters. The molecule has 1 aliphatic rings. The normalized spacial score (nSPS) is 14.3. The number of carbonyl (C=O) groups excluding carboxylic acids is 1. The number of thioether (sulfide) groups is 2. The molecule has 1 saturated heterocycles. The molecular formula is C37H44N6O5S3. The van der Waals surface area contributed by atoms with Gasteiger partial charge in [0.1, 0.15) is 5.69 Å². The topological polar surface area (TPSA) is 128 Å². The van der Waals surface area contributed by atoms with Gasteiger partial charge in [0.25, 0.3) is 21.6 Å². The summed E-state index contributed by atoms with van der Waals surface area (Å²) in [6.07, 6.45) is 2.80. The number of nitrogens with zero attached hydrogens (tertiary/aromatic N) is 4. The molecule has 1 atom stereocenters. The van der Waals surface area contributed by atoms with Crippen LogP contribution in [0.2, 0.25) is 0 Å². The number of amides is 1. The summed E-state index contributed by atoms with van der Waals surface area (Å²) in [7, 11) is -0.483. The highest BCUT2D eigenvalue weighted by atomic mass is 32.2. The van der Waals surface area contributed by atoms with Gasteiger partial charge in [-0.1, -0.05) is 36.4 Å². The Kier molecular flexibility index (Phi) is 13.4. The Hall–Kier alpha value is -4.08. The lowest BCUT2D eigenvalue weighted by Crippen LogP contribution is -2.46. The van der Waals surface area contributed by atoms with E-state index in [4.69, 9.17) is 0 Å². The van der Waals surface area contributed by atoms with E-state index in [9.17, 15) is 23.3 Å². The zero-order valence-corrected chi connectivity index (χ0v) is 31.5. The van der Waals surface area contributed by atoms with Crippen molar-refractivity contribution < 1.29 is 18.1 Å². The summed E-state index contributed by atoms with van der Waals surface area (Å²) in [6, 6.07) is 28.7. The molecule has 1 fully saturated rings. The van der Waals surface area contributed by atoms with Crippen molar-refractivity contribution in [1.29, 1.82) is 0 Å². The van der Waals surface area contributed by atoms with Gasteiger partial charge in [-0.05, 0) is 93.5 Å². The summed E-state index contributed by atoms with van der Waals surface area (Å²) < 4.78 is 28.6. The second-order valence-electron chi connectivity index (χ2n) is 12.5. The molecule has 14 heteroatoms. The van der Waals surface area contributed by atoms with Crippen LogP contribution in [0.4, 0.5) is 17.1 Å². The van der Waals surface area contributed by atoms with Crippen LogP contribution in [0, 0.1) is 10.1 Å². The summed E-state index contributed by atoms with van der Waals surface area (Å²) in [5.74, 6) is -0.168. The van der Waals surface area contributed by atoms with Gasteiger partial charge in [0.05, 0.1) is 9.82 Å². The van der Waals surface area contributed by atoms with Crippen molar-refractivity contribution in [3.8, 4) is 0 Å². The van der Waals surface area contributed by atoms with Crippen molar-refractivity contribution in [1.82, 2.24) is 14.5 Å². The maximum Gasteiger partial charge on any atom is 0.293 e. The molecule has 5 rings (SSSR count). The first-order valence-electron chi connectivity index (χ1n) is 16.7. The Morgan fingerprint density at radius 3 is 2.29 bits per heavy atom. The minimum absolute atomic E-state index is 0.132. The lowest BCUT2D eigenvalue weighted by Gasteiger charge is -2.36. The fourth-order valence-electron chi connectivity index (χ4n) is 5.80. The number of nitro benzene ring substituents is 1. The van der Waals surface area contributed by atoms with Crippen LogP contribution >= 0.6 is 23.5 Å². The van der Waals surface area contributed by atoms with Gasteiger partial charge in [-0.15, -0.1) is 23.5 Å². The van der Waals surface area contributed by atoms with E-state index in [1.54, 1.807) is 35.7 Å². The standard InChI is InChI=1S/C37H44N6O5S3/c1-40(2)20-19-30(27-50-32-10-5-4-6-11-32)38-34-18-17-33(25-35(34)43(45)46)51(47,48)39-37(44)28-13-15-31(16-14-28)42-23-21-41(22-24-42)26-29-9-7-8-12-36(29)49-3/h4-18,25,30,38H,19-24,26-27H2,1-3H3,(H,39,44). The van der Waals surface area contributed by atoms with Gasteiger partial charge < -0.3 is 15.1 Å². The molecule has 11 nitrogen and oxygen atoms in total. The number of sulfonamides is 1. The van der Waals surface area contributed by atoms with Crippen LogP contribution in [0.1, 0.15) is 22.3 Å². The fourth-order valence-corrected chi connectivity index (χ4v) is 8.39. The van der Waals surface area contributed by atoms with Gasteiger partial charge in [0.2, 0.25) is 0 Å². The first-order chi connectivity index (χ1) is 24.5. The molecule has 1 amide bonds. The summed E-state index contributed by atoms with van der Waals surface area (Å²) in [4.78, 5) is 33.3. The zero-order chi connectivity index (χ0) is 36.4. The molecule has 1 heterocycles. The average Bonchev–Trinajstić information content (AvgIpc) is 3.13. The van der Waals surface area contributed by atoms with Crippen molar-refractivity contribution in [2.75, 3.05) is 69.0 Å². The van der Waals surface area contributed by atoms with Crippen LogP contribution in [0.25, 0.3) is 0 Å². The van der Waals surface area contributed by atoms with Crippen LogP contribution in [0.5, 0.6) is 0 Å². The van der Waals surface area contributed by atoms with E-state index in [1.165, 1.54) is 22.6 Å². The van der Waals surface area contributed by atoms with Crippen molar-refractivity contribution in [2.24, 2.45) is 0 Å². The van der Waals surface area contributed by atoms with Gasteiger partial charge in [-0.3, -0.25) is 19.8 Å². The van der Waals surface area contributed by atoms with Crippen LogP contribution in [0.3, 0.4) is 0 Å². The highest BCUT2D eigenvalue weighted by molar-refractivity contribution is 7.99. The second-order valence-corrected chi connectivity index (χ2v) is 16.2. The van der Waals surface area contributed by atoms with Gasteiger partial charge in [0, 0.05) is 71.6 Å². The highest BCUT2D eigenvalue weighted by Gasteiger charge is 2.26. The van der Waals surface area contributed by atoms with Crippen LogP contribution in [-0.2, 0) is 16.6 Å². The molecule has 0 radical (unpaired) electrons. The molecule has 51 heavy (non-hydrogen) atoms. The Labute approximate surface area is 309 Å². The molecule has 0 aliphatic carbocycles. The van der Waals surface area contributed by atoms with E-state index in [0.717, 1.165) is 55.9 Å². The molecule has 0 bridgehead atoms. The SMILES string of the molecule is CSc1ccccc1CN1CCN(c2ccc(C(=O)NS(=O)(=O)c3ccc(NC(CCN(C)C)CSc4ccccc4)c([N+](=O)[O-])c3)cc2)CC1. The Bertz CT molecular complexity index is 1890. The van der Waals surface area contributed by atoms with Crippen molar-refractivity contribution in [3.63, 3.8) is 0 Å². The van der Waals surface area contributed by atoms with Crippen LogP contribution in [0.15, 0.2) is 112 Å². The Morgan fingerprint density at radius 2 is 1.63 bits per heavy atom. The largest absolute Gasteiger partial charge is 0.376 e. The number of carbonyl (C=O) groups is 1. The number of nitrogens with one attached hydrogen (secondary N) is 2. The minimum Gasteiger partial charge on any atom is -0.376 e. The maximum atomic E-state index is 13.3. The molecule has 2 N–H and O–H groups in total. The molecule has 0 spiro atoms. The predicted octanol–water partition coefficient (Wildman–Crippen LogP) is 6.28. The van der Waals surface area contributed by atoms with E-state index < -0.39 is 20.9 Å². The molecule has 0 aromatic heterocycles. The van der Waals surface area contributed by atoms with E-state index in [0.29, 0.717) is 12.2 Å². The maximum absolute atomic E-state index is 13.3. The van der Waals surface area contributed by atoms with Crippen molar-refractivity contribution >= 4 is 56.5 Å². The number of benzene rings is 4. The van der Waals surface area contributed by atoms with Gasteiger partial charge >= 0.3 is 0 Å². The first kappa shape index (κ1) is 38.2. The zero-order valence-electron chi connectivity index (χ0n) is 29.0. The lowest BCUT2D eigenvalue weighted by atomic mass is 10.1. The lowest BCUT2D eigenvalue weighted by molar-refractivity contribution is -0.384.